The van der Waals surface area contributed by atoms with Crippen LogP contribution in [0.3, 0.4) is 0 Å². The van der Waals surface area contributed by atoms with Crippen LogP contribution in [0.1, 0.15) is 21.1 Å². The zero-order chi connectivity index (χ0) is 14.1. The monoisotopic (exact) mass is 288 g/mol. The van der Waals surface area contributed by atoms with Crippen molar-refractivity contribution in [2.24, 2.45) is 0 Å². The molecule has 0 unspecified atom stereocenters. The van der Waals surface area contributed by atoms with Crippen molar-refractivity contribution >= 4 is 22.9 Å². The third-order valence-electron chi connectivity index (χ3n) is 3.21. The molecule has 104 valence electrons. The van der Waals surface area contributed by atoms with E-state index in [1.165, 1.54) is 11.2 Å². The summed E-state index contributed by atoms with van der Waals surface area (Å²) < 4.78 is 1.75. The van der Waals surface area contributed by atoms with Gasteiger partial charge in [-0.2, -0.15) is 14.6 Å². The standard InChI is InChI=1S/C13H16N6S/c1-8-6-15-11(20-8)4-5-14-12-9(2)10(3)18-13-16-7-17-19(12)13/h6-7,14H,4-5H2,1-3H3. The molecule has 0 aliphatic carbocycles. The van der Waals surface area contributed by atoms with Gasteiger partial charge in [0.2, 0.25) is 0 Å². The van der Waals surface area contributed by atoms with Crippen molar-refractivity contribution < 1.29 is 0 Å². The smallest absolute Gasteiger partial charge is 0.254 e. The lowest BCUT2D eigenvalue weighted by atomic mass is 10.2. The molecular formula is C13H16N6S. The van der Waals surface area contributed by atoms with E-state index in [1.807, 2.05) is 20.0 Å². The first-order chi connectivity index (χ1) is 9.65. The minimum atomic E-state index is 0.626. The molecule has 0 spiro atoms. The van der Waals surface area contributed by atoms with Gasteiger partial charge < -0.3 is 5.32 Å². The minimum absolute atomic E-state index is 0.626. The van der Waals surface area contributed by atoms with Crippen molar-refractivity contribution in [3.8, 4) is 0 Å². The van der Waals surface area contributed by atoms with Crippen LogP contribution in [0.2, 0.25) is 0 Å². The van der Waals surface area contributed by atoms with Crippen LogP contribution in [-0.2, 0) is 6.42 Å². The van der Waals surface area contributed by atoms with Crippen LogP contribution >= 0.6 is 11.3 Å². The van der Waals surface area contributed by atoms with E-state index < -0.39 is 0 Å². The molecule has 0 amide bonds. The van der Waals surface area contributed by atoms with Crippen molar-refractivity contribution in [1.29, 1.82) is 0 Å². The molecule has 3 aromatic rings. The molecule has 6 nitrogen and oxygen atoms in total. The van der Waals surface area contributed by atoms with Gasteiger partial charge in [-0.3, -0.25) is 0 Å². The highest BCUT2D eigenvalue weighted by atomic mass is 32.1. The molecule has 0 radical (unpaired) electrons. The second-order valence-corrected chi connectivity index (χ2v) is 6.00. The summed E-state index contributed by atoms with van der Waals surface area (Å²) in [5.74, 6) is 1.58. The van der Waals surface area contributed by atoms with Crippen LogP contribution in [0.15, 0.2) is 12.5 Å². The molecule has 0 aromatic carbocycles. The minimum Gasteiger partial charge on any atom is -0.369 e. The quantitative estimate of drug-likeness (QED) is 0.797. The Morgan fingerprint density at radius 2 is 2.10 bits per heavy atom. The van der Waals surface area contributed by atoms with Gasteiger partial charge in [-0.05, 0) is 20.8 Å². The van der Waals surface area contributed by atoms with E-state index in [0.29, 0.717) is 5.78 Å². The van der Waals surface area contributed by atoms with Gasteiger partial charge >= 0.3 is 0 Å². The van der Waals surface area contributed by atoms with E-state index in [-0.39, 0.29) is 0 Å². The first-order valence-electron chi connectivity index (χ1n) is 6.47. The van der Waals surface area contributed by atoms with Crippen LogP contribution in [0.25, 0.3) is 5.78 Å². The Labute approximate surface area is 120 Å². The van der Waals surface area contributed by atoms with Crippen molar-refractivity contribution in [3.05, 3.63) is 33.7 Å². The fraction of sp³-hybridized carbons (Fsp3) is 0.385. The highest BCUT2D eigenvalue weighted by Gasteiger charge is 2.10. The molecule has 3 rings (SSSR count). The predicted molar refractivity (Wildman–Crippen MR) is 79.3 cm³/mol. The van der Waals surface area contributed by atoms with E-state index >= 15 is 0 Å². The Morgan fingerprint density at radius 1 is 1.25 bits per heavy atom. The van der Waals surface area contributed by atoms with Crippen LogP contribution in [0, 0.1) is 20.8 Å². The third kappa shape index (κ3) is 2.36. The maximum absolute atomic E-state index is 4.40. The number of hydrogen-bond acceptors (Lipinski definition) is 6. The Kier molecular flexibility index (Phi) is 3.35. The summed E-state index contributed by atoms with van der Waals surface area (Å²) in [6.45, 7) is 6.91. The maximum Gasteiger partial charge on any atom is 0.254 e. The summed E-state index contributed by atoms with van der Waals surface area (Å²) in [6, 6.07) is 0. The molecule has 3 heterocycles. The summed E-state index contributed by atoms with van der Waals surface area (Å²) in [4.78, 5) is 14.2. The average Bonchev–Trinajstić information content (AvgIpc) is 3.03. The van der Waals surface area contributed by atoms with Gasteiger partial charge in [-0.15, -0.1) is 11.3 Å². The normalized spacial score (nSPS) is 11.2. The van der Waals surface area contributed by atoms with E-state index in [2.05, 4.69) is 32.3 Å². The largest absolute Gasteiger partial charge is 0.369 e. The molecule has 0 saturated carbocycles. The molecule has 0 aliphatic rings. The first kappa shape index (κ1) is 13.0. The van der Waals surface area contributed by atoms with Gasteiger partial charge in [0, 0.05) is 35.3 Å². The molecule has 0 saturated heterocycles. The predicted octanol–water partition coefficient (Wildman–Crippen LogP) is 2.16. The number of fused-ring (bicyclic) bond motifs is 1. The zero-order valence-electron chi connectivity index (χ0n) is 11.7. The van der Waals surface area contributed by atoms with Gasteiger partial charge in [-0.1, -0.05) is 0 Å². The molecule has 0 fully saturated rings. The van der Waals surface area contributed by atoms with Crippen LogP contribution in [0.4, 0.5) is 5.82 Å². The molecule has 7 heteroatoms. The fourth-order valence-electron chi connectivity index (χ4n) is 2.05. The average molecular weight is 288 g/mol. The molecular weight excluding hydrogens is 272 g/mol. The number of anilines is 1. The Bertz CT molecular complexity index is 744. The second kappa shape index (κ2) is 5.16. The summed E-state index contributed by atoms with van der Waals surface area (Å²) in [7, 11) is 0. The molecule has 0 bridgehead atoms. The van der Waals surface area contributed by atoms with Crippen LogP contribution < -0.4 is 5.32 Å². The van der Waals surface area contributed by atoms with E-state index in [4.69, 9.17) is 0 Å². The van der Waals surface area contributed by atoms with Crippen molar-refractivity contribution in [1.82, 2.24) is 24.6 Å². The molecule has 0 aliphatic heterocycles. The number of hydrogen-bond donors (Lipinski definition) is 1. The number of thiazole rings is 1. The number of aryl methyl sites for hydroxylation is 2. The van der Waals surface area contributed by atoms with Crippen LogP contribution in [0.5, 0.6) is 0 Å². The van der Waals surface area contributed by atoms with Crippen molar-refractivity contribution in [2.75, 3.05) is 11.9 Å². The zero-order valence-corrected chi connectivity index (χ0v) is 12.5. The van der Waals surface area contributed by atoms with Crippen molar-refractivity contribution in [2.45, 2.75) is 27.2 Å². The Morgan fingerprint density at radius 3 is 2.85 bits per heavy atom. The number of rotatable bonds is 4. The molecule has 20 heavy (non-hydrogen) atoms. The number of nitrogens with zero attached hydrogens (tertiary/aromatic N) is 5. The lowest BCUT2D eigenvalue weighted by Crippen LogP contribution is -2.12. The van der Waals surface area contributed by atoms with E-state index in [1.54, 1.807) is 15.9 Å². The number of aromatic nitrogens is 5. The third-order valence-corrected chi connectivity index (χ3v) is 4.18. The van der Waals surface area contributed by atoms with Gasteiger partial charge in [0.05, 0.1) is 5.01 Å². The summed E-state index contributed by atoms with van der Waals surface area (Å²) in [5, 5.41) is 8.79. The van der Waals surface area contributed by atoms with E-state index in [0.717, 1.165) is 35.0 Å². The second-order valence-electron chi connectivity index (χ2n) is 4.68. The number of nitrogens with one attached hydrogen (secondary N) is 1. The SMILES string of the molecule is Cc1cnc(CCNc2c(C)c(C)nc3ncnn23)s1. The Hall–Kier alpha value is -2.02. The summed E-state index contributed by atoms with van der Waals surface area (Å²) >= 11 is 1.74. The van der Waals surface area contributed by atoms with Gasteiger partial charge in [-0.25, -0.2) is 9.97 Å². The Balaban J connectivity index is 1.80. The highest BCUT2D eigenvalue weighted by Crippen LogP contribution is 2.18. The van der Waals surface area contributed by atoms with Gasteiger partial charge in [0.15, 0.2) is 0 Å². The van der Waals surface area contributed by atoms with Gasteiger partial charge in [0.1, 0.15) is 12.1 Å². The molecule has 0 atom stereocenters. The fourth-order valence-corrected chi connectivity index (χ4v) is 2.83. The first-order valence-corrected chi connectivity index (χ1v) is 7.29. The van der Waals surface area contributed by atoms with Gasteiger partial charge in [0.25, 0.3) is 5.78 Å². The van der Waals surface area contributed by atoms with E-state index in [9.17, 15) is 0 Å². The lowest BCUT2D eigenvalue weighted by Gasteiger charge is -2.11. The molecule has 1 N–H and O–H groups in total. The maximum atomic E-state index is 4.40. The lowest BCUT2D eigenvalue weighted by molar-refractivity contribution is 0.891. The summed E-state index contributed by atoms with van der Waals surface area (Å²) in [6.07, 6.45) is 4.34. The van der Waals surface area contributed by atoms with Crippen molar-refractivity contribution in [3.63, 3.8) is 0 Å². The topological polar surface area (TPSA) is 68.0 Å². The highest BCUT2D eigenvalue weighted by molar-refractivity contribution is 7.11. The van der Waals surface area contributed by atoms with Crippen LogP contribution in [-0.4, -0.2) is 31.1 Å². The summed E-state index contributed by atoms with van der Waals surface area (Å²) in [5.41, 5.74) is 2.07. The molecule has 3 aromatic heterocycles.